The van der Waals surface area contributed by atoms with Crippen LogP contribution in [0.25, 0.3) is 11.3 Å². The highest BCUT2D eigenvalue weighted by Gasteiger charge is 2.38. The smallest absolute Gasteiger partial charge is 0.192 e. The second kappa shape index (κ2) is 9.61. The third kappa shape index (κ3) is 6.78. The van der Waals surface area contributed by atoms with Crippen LogP contribution in [0.1, 0.15) is 64.4 Å². The van der Waals surface area contributed by atoms with E-state index < -0.39 is 19.3 Å². The minimum Gasteiger partial charge on any atom is -0.415 e. The Morgan fingerprint density at radius 1 is 1.10 bits per heavy atom. The van der Waals surface area contributed by atoms with Crippen molar-refractivity contribution in [3.05, 3.63) is 47.4 Å². The molecule has 2 rings (SSSR count). The highest BCUT2D eigenvalue weighted by molar-refractivity contribution is 7.84. The maximum absolute atomic E-state index is 12.9. The first-order valence-corrected chi connectivity index (χ1v) is 14.9. The van der Waals surface area contributed by atoms with Crippen LogP contribution in [0.2, 0.25) is 18.1 Å². The van der Waals surface area contributed by atoms with Gasteiger partial charge in [-0.25, -0.2) is 8.93 Å². The van der Waals surface area contributed by atoms with Crippen LogP contribution in [0.4, 0.5) is 0 Å². The van der Waals surface area contributed by atoms with E-state index in [4.69, 9.17) is 9.41 Å². The number of hydrogen-bond acceptors (Lipinski definition) is 4. The van der Waals surface area contributed by atoms with Crippen molar-refractivity contribution in [1.29, 1.82) is 0 Å². The monoisotopic (exact) mass is 461 g/mol. The van der Waals surface area contributed by atoms with Crippen molar-refractivity contribution < 1.29 is 8.63 Å². The molecule has 0 amide bonds. The van der Waals surface area contributed by atoms with Crippen LogP contribution in [0.3, 0.4) is 0 Å². The Morgan fingerprint density at radius 2 is 1.74 bits per heavy atom. The summed E-state index contributed by atoms with van der Waals surface area (Å²) in [5.41, 5.74) is 5.02. The van der Waals surface area contributed by atoms with Gasteiger partial charge < -0.3 is 4.43 Å². The average Bonchev–Trinajstić information content (AvgIpc) is 2.63. The molecule has 2 heterocycles. The lowest BCUT2D eigenvalue weighted by Gasteiger charge is -2.37. The molecule has 2 atom stereocenters. The Kier molecular flexibility index (Phi) is 8.01. The Morgan fingerprint density at radius 3 is 2.26 bits per heavy atom. The van der Waals surface area contributed by atoms with Gasteiger partial charge in [0, 0.05) is 23.7 Å². The van der Waals surface area contributed by atoms with Gasteiger partial charge in [0.1, 0.15) is 0 Å². The molecule has 2 aromatic heterocycles. The van der Waals surface area contributed by atoms with E-state index in [1.165, 1.54) is 0 Å². The lowest BCUT2D eigenvalue weighted by atomic mass is 10.0. The Balaban J connectivity index is 2.36. The zero-order valence-electron chi connectivity index (χ0n) is 20.8. The number of nitrogens with one attached hydrogen (secondary N) is 1. The minimum absolute atomic E-state index is 0.109. The first-order chi connectivity index (χ1) is 14.1. The zero-order chi connectivity index (χ0) is 23.6. The summed E-state index contributed by atoms with van der Waals surface area (Å²) in [6, 6.07) is 5.95. The molecule has 7 heteroatoms. The molecule has 172 valence electrons. The van der Waals surface area contributed by atoms with Crippen LogP contribution < -0.4 is 4.72 Å². The molecule has 0 saturated carbocycles. The third-order valence-electron chi connectivity index (χ3n) is 5.89. The van der Waals surface area contributed by atoms with E-state index in [0.717, 1.165) is 28.1 Å². The van der Waals surface area contributed by atoms with Gasteiger partial charge in [0.25, 0.3) is 0 Å². The molecule has 0 radical (unpaired) electrons. The van der Waals surface area contributed by atoms with E-state index in [1.807, 2.05) is 52.2 Å². The van der Waals surface area contributed by atoms with Crippen LogP contribution in [-0.4, -0.2) is 33.8 Å². The van der Waals surface area contributed by atoms with Gasteiger partial charge in [-0.05, 0) is 76.0 Å². The van der Waals surface area contributed by atoms with Crippen molar-refractivity contribution in [2.45, 2.75) is 84.3 Å². The molecular formula is C24H39N3O2SSi. The molecule has 2 unspecified atom stereocenters. The summed E-state index contributed by atoms with van der Waals surface area (Å²) in [7, 11) is -3.17. The topological polar surface area (TPSA) is 64.1 Å². The van der Waals surface area contributed by atoms with Gasteiger partial charge in [-0.2, -0.15) is 0 Å². The van der Waals surface area contributed by atoms with Crippen molar-refractivity contribution >= 4 is 19.3 Å². The van der Waals surface area contributed by atoms with Crippen LogP contribution in [0, 0.1) is 13.8 Å². The molecule has 0 aliphatic heterocycles. The van der Waals surface area contributed by atoms with E-state index in [-0.39, 0.29) is 15.8 Å². The van der Waals surface area contributed by atoms with Gasteiger partial charge in [0.2, 0.25) is 0 Å². The molecule has 31 heavy (non-hydrogen) atoms. The first-order valence-electron chi connectivity index (χ1n) is 10.8. The number of nitrogens with zero attached hydrogens (tertiary/aromatic N) is 2. The molecule has 1 N–H and O–H groups in total. The molecule has 0 aliphatic rings. The van der Waals surface area contributed by atoms with Gasteiger partial charge in [-0.1, -0.05) is 26.8 Å². The quantitative estimate of drug-likeness (QED) is 0.523. The normalized spacial score (nSPS) is 15.0. The van der Waals surface area contributed by atoms with E-state index >= 15 is 0 Å². The van der Waals surface area contributed by atoms with Crippen molar-refractivity contribution in [3.8, 4) is 11.3 Å². The maximum Gasteiger partial charge on any atom is 0.192 e. The molecule has 5 nitrogen and oxygen atoms in total. The molecule has 0 aliphatic carbocycles. The zero-order valence-corrected chi connectivity index (χ0v) is 22.6. The third-order valence-corrected chi connectivity index (χ3v) is 12.0. The van der Waals surface area contributed by atoms with Crippen molar-refractivity contribution in [3.63, 3.8) is 0 Å². The van der Waals surface area contributed by atoms with Crippen LogP contribution in [0.15, 0.2) is 30.6 Å². The predicted molar refractivity (Wildman–Crippen MR) is 134 cm³/mol. The summed E-state index contributed by atoms with van der Waals surface area (Å²) >= 11 is 0. The maximum atomic E-state index is 12.9. The van der Waals surface area contributed by atoms with Gasteiger partial charge in [-0.3, -0.25) is 9.97 Å². The standard InChI is InChI=1S/C24H39N3O2SSi/c1-17-13-20(15-26-22(17)19-11-12-25-18(2)14-19)21(27-30(28)23(3,4)5)16-29-31(9,10)24(6,7)8/h11-15,21,27H,16H2,1-10H3. The summed E-state index contributed by atoms with van der Waals surface area (Å²) < 4.78 is 22.4. The molecule has 0 aromatic carbocycles. The van der Waals surface area contributed by atoms with Gasteiger partial charge >= 0.3 is 0 Å². The molecule has 0 fully saturated rings. The highest BCUT2D eigenvalue weighted by atomic mass is 32.2. The van der Waals surface area contributed by atoms with Gasteiger partial charge in [0.05, 0.1) is 34.1 Å². The second-order valence-electron chi connectivity index (χ2n) is 10.7. The Bertz CT molecular complexity index is 933. The summed E-state index contributed by atoms with van der Waals surface area (Å²) in [6.45, 7) is 21.6. The summed E-state index contributed by atoms with van der Waals surface area (Å²) in [6.07, 6.45) is 3.69. The Labute approximate surface area is 192 Å². The summed E-state index contributed by atoms with van der Waals surface area (Å²) in [5.74, 6) is 0. The number of pyridine rings is 2. The number of hydrogen-bond donors (Lipinski definition) is 1. The lowest BCUT2D eigenvalue weighted by molar-refractivity contribution is 0.257. The molecule has 0 spiro atoms. The lowest BCUT2D eigenvalue weighted by Crippen LogP contribution is -2.44. The summed E-state index contributed by atoms with van der Waals surface area (Å²) in [4.78, 5) is 9.04. The van der Waals surface area contributed by atoms with Gasteiger partial charge in [0.15, 0.2) is 8.32 Å². The van der Waals surface area contributed by atoms with Crippen LogP contribution in [0.5, 0.6) is 0 Å². The van der Waals surface area contributed by atoms with Crippen molar-refractivity contribution in [2.75, 3.05) is 6.61 Å². The molecule has 0 bridgehead atoms. The fourth-order valence-electron chi connectivity index (χ4n) is 2.79. The Hall–Kier alpha value is -1.41. The SMILES string of the molecule is Cc1cc(-c2ncc(C(CO[Si](C)(C)C(C)(C)C)NS(=O)C(C)(C)C)cc2C)ccn1. The number of aromatic nitrogens is 2. The summed E-state index contributed by atoms with van der Waals surface area (Å²) in [5, 5.41) is 0.109. The van der Waals surface area contributed by atoms with Crippen molar-refractivity contribution in [1.82, 2.24) is 14.7 Å². The van der Waals surface area contributed by atoms with Crippen molar-refractivity contribution in [2.24, 2.45) is 0 Å². The minimum atomic E-state index is -1.95. The first kappa shape index (κ1) is 25.8. The van der Waals surface area contributed by atoms with Crippen LogP contribution >= 0.6 is 0 Å². The van der Waals surface area contributed by atoms with E-state index in [9.17, 15) is 4.21 Å². The van der Waals surface area contributed by atoms with Gasteiger partial charge in [-0.15, -0.1) is 0 Å². The largest absolute Gasteiger partial charge is 0.415 e. The molecule has 2 aromatic rings. The van der Waals surface area contributed by atoms with E-state index in [1.54, 1.807) is 0 Å². The molecular weight excluding hydrogens is 422 g/mol. The van der Waals surface area contributed by atoms with E-state index in [0.29, 0.717) is 6.61 Å². The second-order valence-corrected chi connectivity index (χ2v) is 17.6. The fourth-order valence-corrected chi connectivity index (χ4v) is 4.63. The van der Waals surface area contributed by atoms with E-state index in [2.05, 4.69) is 56.6 Å². The highest BCUT2D eigenvalue weighted by Crippen LogP contribution is 2.37. The van der Waals surface area contributed by atoms with Crippen LogP contribution in [-0.2, 0) is 15.4 Å². The predicted octanol–water partition coefficient (Wildman–Crippen LogP) is 5.88. The fraction of sp³-hybridized carbons (Fsp3) is 0.583. The average molecular weight is 462 g/mol. The number of rotatable bonds is 7. The number of aryl methyl sites for hydroxylation is 2. The molecule has 0 saturated heterocycles.